The molecule has 0 saturated heterocycles. The van der Waals surface area contributed by atoms with Crippen LogP contribution in [0, 0.1) is 0 Å². The summed E-state index contributed by atoms with van der Waals surface area (Å²) in [6, 6.07) is 19.3. The Bertz CT molecular complexity index is 1020. The Labute approximate surface area is 150 Å². The van der Waals surface area contributed by atoms with Crippen molar-refractivity contribution in [2.45, 2.75) is 6.42 Å². The van der Waals surface area contributed by atoms with Gasteiger partial charge < -0.3 is 5.32 Å². The Kier molecular flexibility index (Phi) is 4.38. The molecule has 128 valence electrons. The fourth-order valence-electron chi connectivity index (χ4n) is 2.78. The summed E-state index contributed by atoms with van der Waals surface area (Å²) in [5, 5.41) is 11.2. The zero-order valence-electron chi connectivity index (χ0n) is 14.0. The van der Waals surface area contributed by atoms with Gasteiger partial charge in [-0.2, -0.15) is 0 Å². The molecule has 0 aliphatic rings. The smallest absolute Gasteiger partial charge is 0.255 e. The summed E-state index contributed by atoms with van der Waals surface area (Å²) in [6.45, 7) is 0.602. The minimum absolute atomic E-state index is 0.0831. The maximum atomic E-state index is 12.3. The highest BCUT2D eigenvalue weighted by atomic mass is 16.1. The van der Waals surface area contributed by atoms with Crippen molar-refractivity contribution in [2.24, 2.45) is 0 Å². The number of rotatable bonds is 5. The minimum Gasteiger partial charge on any atom is -0.352 e. The van der Waals surface area contributed by atoms with Gasteiger partial charge >= 0.3 is 0 Å². The van der Waals surface area contributed by atoms with Crippen molar-refractivity contribution in [1.82, 2.24) is 24.9 Å². The molecule has 2 aromatic heterocycles. The molecule has 1 amide bonds. The number of hydrogen-bond donors (Lipinski definition) is 1. The molecule has 0 atom stereocenters. The summed E-state index contributed by atoms with van der Waals surface area (Å²) in [4.78, 5) is 16.4. The van der Waals surface area contributed by atoms with E-state index in [0.29, 0.717) is 23.7 Å². The molecule has 0 unspecified atom stereocenters. The number of nitrogens with zero attached hydrogens (tertiary/aromatic N) is 4. The van der Waals surface area contributed by atoms with Crippen molar-refractivity contribution >= 4 is 11.7 Å². The molecular formula is C20H17N5O. The molecule has 0 saturated carbocycles. The highest BCUT2D eigenvalue weighted by Gasteiger charge is 2.10. The molecule has 4 aromatic rings. The first-order valence-corrected chi connectivity index (χ1v) is 8.39. The van der Waals surface area contributed by atoms with E-state index in [1.54, 1.807) is 18.3 Å². The lowest BCUT2D eigenvalue weighted by atomic mass is 10.1. The number of nitrogens with one attached hydrogen (secondary N) is 1. The maximum absolute atomic E-state index is 12.3. The third kappa shape index (κ3) is 3.30. The van der Waals surface area contributed by atoms with Crippen LogP contribution in [0.1, 0.15) is 15.9 Å². The standard InChI is InChI=1S/C20H17N5O/c26-19(21-13-11-15-5-2-1-3-6-15)17-9-7-16(8-10-17)18-23-24-20-22-12-4-14-25(18)20/h1-10,12,14H,11,13H2,(H,21,26). The summed E-state index contributed by atoms with van der Waals surface area (Å²) in [6.07, 6.45) is 4.35. The average molecular weight is 343 g/mol. The van der Waals surface area contributed by atoms with Crippen LogP contribution in [-0.2, 0) is 6.42 Å². The Morgan fingerprint density at radius 1 is 0.962 bits per heavy atom. The first kappa shape index (κ1) is 16.0. The number of carbonyl (C=O) groups excluding carboxylic acids is 1. The van der Waals surface area contributed by atoms with E-state index in [1.807, 2.05) is 47.0 Å². The van der Waals surface area contributed by atoms with Gasteiger partial charge in [-0.3, -0.25) is 9.20 Å². The van der Waals surface area contributed by atoms with E-state index < -0.39 is 0 Å². The van der Waals surface area contributed by atoms with Gasteiger partial charge in [-0.25, -0.2) is 4.98 Å². The van der Waals surface area contributed by atoms with Crippen LogP contribution in [0.4, 0.5) is 0 Å². The van der Waals surface area contributed by atoms with Crippen molar-refractivity contribution in [3.05, 3.63) is 84.2 Å². The second kappa shape index (κ2) is 7.14. The number of hydrogen-bond acceptors (Lipinski definition) is 4. The molecule has 0 bridgehead atoms. The minimum atomic E-state index is -0.0831. The molecule has 0 fully saturated rings. The third-order valence-corrected chi connectivity index (χ3v) is 4.14. The van der Waals surface area contributed by atoms with E-state index in [1.165, 1.54) is 5.56 Å². The van der Waals surface area contributed by atoms with Gasteiger partial charge in [-0.15, -0.1) is 10.2 Å². The van der Waals surface area contributed by atoms with Gasteiger partial charge in [0, 0.05) is 30.1 Å². The van der Waals surface area contributed by atoms with E-state index in [-0.39, 0.29) is 5.91 Å². The SMILES string of the molecule is O=C(NCCc1ccccc1)c1ccc(-c2nnc3ncccn23)cc1. The Morgan fingerprint density at radius 2 is 1.77 bits per heavy atom. The highest BCUT2D eigenvalue weighted by molar-refractivity contribution is 5.94. The number of benzene rings is 2. The van der Waals surface area contributed by atoms with Crippen molar-refractivity contribution in [3.63, 3.8) is 0 Å². The van der Waals surface area contributed by atoms with Crippen molar-refractivity contribution in [2.75, 3.05) is 6.54 Å². The molecule has 26 heavy (non-hydrogen) atoms. The van der Waals surface area contributed by atoms with Crippen LogP contribution in [0.5, 0.6) is 0 Å². The number of amides is 1. The summed E-state index contributed by atoms with van der Waals surface area (Å²) in [7, 11) is 0. The van der Waals surface area contributed by atoms with Crippen LogP contribution in [-0.4, -0.2) is 32.0 Å². The van der Waals surface area contributed by atoms with Crippen LogP contribution in [0.2, 0.25) is 0 Å². The lowest BCUT2D eigenvalue weighted by Gasteiger charge is -2.06. The number of fused-ring (bicyclic) bond motifs is 1. The van der Waals surface area contributed by atoms with Crippen molar-refractivity contribution < 1.29 is 4.79 Å². The summed E-state index contributed by atoms with van der Waals surface area (Å²) in [5.74, 6) is 1.16. The Balaban J connectivity index is 1.43. The second-order valence-electron chi connectivity index (χ2n) is 5.88. The third-order valence-electron chi connectivity index (χ3n) is 4.14. The van der Waals surface area contributed by atoms with E-state index in [0.717, 1.165) is 12.0 Å². The van der Waals surface area contributed by atoms with Crippen LogP contribution in [0.15, 0.2) is 73.1 Å². The molecule has 6 nitrogen and oxygen atoms in total. The first-order valence-electron chi connectivity index (χ1n) is 8.39. The first-order chi connectivity index (χ1) is 12.8. The van der Waals surface area contributed by atoms with E-state index >= 15 is 0 Å². The number of carbonyl (C=O) groups is 1. The molecule has 0 aliphatic carbocycles. The molecule has 0 aliphatic heterocycles. The van der Waals surface area contributed by atoms with Crippen LogP contribution in [0.25, 0.3) is 17.2 Å². The van der Waals surface area contributed by atoms with Gasteiger partial charge in [0.05, 0.1) is 0 Å². The highest BCUT2D eigenvalue weighted by Crippen LogP contribution is 2.18. The fraction of sp³-hybridized carbons (Fsp3) is 0.100. The molecule has 6 heteroatoms. The molecule has 2 aromatic carbocycles. The Hall–Kier alpha value is -3.54. The molecular weight excluding hydrogens is 326 g/mol. The zero-order chi connectivity index (χ0) is 17.8. The lowest BCUT2D eigenvalue weighted by molar-refractivity contribution is 0.0954. The van der Waals surface area contributed by atoms with Gasteiger partial charge in [0.25, 0.3) is 11.7 Å². The molecule has 0 spiro atoms. The van der Waals surface area contributed by atoms with Crippen molar-refractivity contribution in [3.8, 4) is 11.4 Å². The average Bonchev–Trinajstić information content (AvgIpc) is 3.13. The van der Waals surface area contributed by atoms with Crippen molar-refractivity contribution in [1.29, 1.82) is 0 Å². The Morgan fingerprint density at radius 3 is 2.58 bits per heavy atom. The molecule has 1 N–H and O–H groups in total. The van der Waals surface area contributed by atoms with Gasteiger partial charge in [0.1, 0.15) is 0 Å². The van der Waals surface area contributed by atoms with Gasteiger partial charge in [0.15, 0.2) is 5.82 Å². The van der Waals surface area contributed by atoms with Crippen LogP contribution < -0.4 is 5.32 Å². The zero-order valence-corrected chi connectivity index (χ0v) is 14.0. The molecule has 2 heterocycles. The fourth-order valence-corrected chi connectivity index (χ4v) is 2.78. The lowest BCUT2D eigenvalue weighted by Crippen LogP contribution is -2.25. The molecule has 4 rings (SSSR count). The number of aromatic nitrogens is 4. The summed E-state index contributed by atoms with van der Waals surface area (Å²) >= 11 is 0. The largest absolute Gasteiger partial charge is 0.352 e. The summed E-state index contributed by atoms with van der Waals surface area (Å²) < 4.78 is 1.81. The van der Waals surface area contributed by atoms with Gasteiger partial charge in [-0.1, -0.05) is 42.5 Å². The normalized spacial score (nSPS) is 10.8. The van der Waals surface area contributed by atoms with Crippen LogP contribution in [0.3, 0.4) is 0 Å². The van der Waals surface area contributed by atoms with Gasteiger partial charge in [-0.05, 0) is 30.2 Å². The molecule has 0 radical (unpaired) electrons. The second-order valence-corrected chi connectivity index (χ2v) is 5.88. The van der Waals surface area contributed by atoms with E-state index in [4.69, 9.17) is 0 Å². The van der Waals surface area contributed by atoms with Crippen LogP contribution >= 0.6 is 0 Å². The van der Waals surface area contributed by atoms with Gasteiger partial charge in [0.2, 0.25) is 0 Å². The van der Waals surface area contributed by atoms with E-state index in [9.17, 15) is 4.79 Å². The topological polar surface area (TPSA) is 72.2 Å². The monoisotopic (exact) mass is 343 g/mol. The predicted octanol–water partition coefficient (Wildman–Crippen LogP) is 2.76. The quantitative estimate of drug-likeness (QED) is 0.605. The van der Waals surface area contributed by atoms with E-state index in [2.05, 4.69) is 32.6 Å². The maximum Gasteiger partial charge on any atom is 0.255 e. The summed E-state index contributed by atoms with van der Waals surface area (Å²) in [5.41, 5.74) is 2.70. The predicted molar refractivity (Wildman–Crippen MR) is 98.7 cm³/mol.